The second-order valence-corrected chi connectivity index (χ2v) is 8.35. The smallest absolute Gasteiger partial charge is 0.242 e. The fourth-order valence-electron chi connectivity index (χ4n) is 4.24. The van der Waals surface area contributed by atoms with Crippen molar-refractivity contribution in [2.24, 2.45) is 5.92 Å². The first-order valence-electron chi connectivity index (χ1n) is 10.9. The fraction of sp³-hybridized carbons (Fsp3) is 0.609. The molecule has 0 spiro atoms. The van der Waals surface area contributed by atoms with E-state index in [-0.39, 0.29) is 30.3 Å². The van der Waals surface area contributed by atoms with Crippen LogP contribution in [-0.4, -0.2) is 53.7 Å². The Morgan fingerprint density at radius 1 is 1.07 bits per heavy atom. The van der Waals surface area contributed by atoms with Gasteiger partial charge in [0.2, 0.25) is 17.7 Å². The summed E-state index contributed by atoms with van der Waals surface area (Å²) in [6.07, 6.45) is 5.72. The Hall–Kier alpha value is -2.37. The number of nitrogens with zero attached hydrogens (tertiary/aromatic N) is 2. The van der Waals surface area contributed by atoms with Gasteiger partial charge >= 0.3 is 0 Å². The molecule has 1 atom stereocenters. The first-order valence-corrected chi connectivity index (χ1v) is 10.9. The molecule has 2 aliphatic heterocycles. The van der Waals surface area contributed by atoms with Gasteiger partial charge in [-0.3, -0.25) is 14.4 Å². The Kier molecular flexibility index (Phi) is 7.67. The van der Waals surface area contributed by atoms with Gasteiger partial charge in [-0.05, 0) is 44.1 Å². The Balaban J connectivity index is 1.40. The normalized spacial score (nSPS) is 19.6. The summed E-state index contributed by atoms with van der Waals surface area (Å²) in [5.74, 6) is 0.527. The molecule has 0 saturated carbocycles. The highest BCUT2D eigenvalue weighted by molar-refractivity contribution is 5.85. The van der Waals surface area contributed by atoms with Crippen LogP contribution in [0.25, 0.3) is 0 Å². The molecule has 1 N–H and O–H groups in total. The highest BCUT2D eigenvalue weighted by Crippen LogP contribution is 2.22. The second kappa shape index (κ2) is 10.4. The fourth-order valence-corrected chi connectivity index (χ4v) is 4.24. The summed E-state index contributed by atoms with van der Waals surface area (Å²) in [7, 11) is 0. The minimum Gasteiger partial charge on any atom is -0.350 e. The summed E-state index contributed by atoms with van der Waals surface area (Å²) in [5, 5.41) is 3.08. The van der Waals surface area contributed by atoms with Gasteiger partial charge in [-0.15, -0.1) is 0 Å². The zero-order valence-corrected chi connectivity index (χ0v) is 17.4. The monoisotopic (exact) mass is 399 g/mol. The zero-order chi connectivity index (χ0) is 20.6. The molecule has 0 aliphatic carbocycles. The number of piperidine rings is 1. The first kappa shape index (κ1) is 21.3. The van der Waals surface area contributed by atoms with E-state index < -0.39 is 0 Å². The average Bonchev–Trinajstić information content (AvgIpc) is 2.93. The molecule has 3 rings (SSSR count). The third kappa shape index (κ3) is 6.31. The molecule has 0 radical (unpaired) electrons. The summed E-state index contributed by atoms with van der Waals surface area (Å²) in [6, 6.07) is 9.95. The van der Waals surface area contributed by atoms with Gasteiger partial charge in [-0.2, -0.15) is 0 Å². The topological polar surface area (TPSA) is 69.7 Å². The molecule has 0 aromatic heterocycles. The predicted molar refractivity (Wildman–Crippen MR) is 112 cm³/mol. The molecular formula is C23H33N3O3. The number of rotatable bonds is 6. The number of hydrogen-bond donors (Lipinski definition) is 1. The standard InChI is InChI=1S/C23H33N3O3/c1-18(20-8-4-2-5-9-20)24-21(27)16-19-11-14-25(15-12-19)23(29)17-26-13-7-3-6-10-22(26)28/h2,4-5,8-9,18-19H,3,6-7,10-17H2,1H3,(H,24,27). The summed E-state index contributed by atoms with van der Waals surface area (Å²) >= 11 is 0. The van der Waals surface area contributed by atoms with Gasteiger partial charge in [0.05, 0.1) is 12.6 Å². The molecule has 2 heterocycles. The third-order valence-corrected chi connectivity index (χ3v) is 6.12. The molecular weight excluding hydrogens is 366 g/mol. The van der Waals surface area contributed by atoms with E-state index in [1.165, 1.54) is 0 Å². The number of amides is 3. The van der Waals surface area contributed by atoms with Gasteiger partial charge in [0.1, 0.15) is 0 Å². The highest BCUT2D eigenvalue weighted by Gasteiger charge is 2.27. The van der Waals surface area contributed by atoms with Crippen molar-refractivity contribution in [2.75, 3.05) is 26.2 Å². The number of benzene rings is 1. The number of hydrogen-bond acceptors (Lipinski definition) is 3. The predicted octanol–water partition coefficient (Wildman–Crippen LogP) is 2.90. The van der Waals surface area contributed by atoms with Crippen LogP contribution in [0.2, 0.25) is 0 Å². The largest absolute Gasteiger partial charge is 0.350 e. The minimum atomic E-state index is -0.00321. The first-order chi connectivity index (χ1) is 14.0. The lowest BCUT2D eigenvalue weighted by Gasteiger charge is -2.33. The van der Waals surface area contributed by atoms with Crippen LogP contribution in [0, 0.1) is 5.92 Å². The van der Waals surface area contributed by atoms with Crippen LogP contribution in [-0.2, 0) is 14.4 Å². The molecule has 1 unspecified atom stereocenters. The van der Waals surface area contributed by atoms with Crippen molar-refractivity contribution >= 4 is 17.7 Å². The van der Waals surface area contributed by atoms with Crippen molar-refractivity contribution in [3.63, 3.8) is 0 Å². The lowest BCUT2D eigenvalue weighted by molar-refractivity contribution is -0.141. The summed E-state index contributed by atoms with van der Waals surface area (Å²) < 4.78 is 0. The van der Waals surface area contributed by atoms with Crippen LogP contribution in [0.4, 0.5) is 0 Å². The average molecular weight is 400 g/mol. The molecule has 2 fully saturated rings. The van der Waals surface area contributed by atoms with Gasteiger partial charge in [0.15, 0.2) is 0 Å². The number of carbonyl (C=O) groups is 3. The molecule has 1 aromatic carbocycles. The molecule has 1 aromatic rings. The van der Waals surface area contributed by atoms with Crippen LogP contribution >= 0.6 is 0 Å². The molecule has 0 bridgehead atoms. The van der Waals surface area contributed by atoms with Crippen LogP contribution in [0.5, 0.6) is 0 Å². The highest BCUT2D eigenvalue weighted by atomic mass is 16.2. The Labute approximate surface area is 173 Å². The van der Waals surface area contributed by atoms with E-state index in [9.17, 15) is 14.4 Å². The molecule has 2 saturated heterocycles. The van der Waals surface area contributed by atoms with E-state index in [0.717, 1.165) is 37.7 Å². The van der Waals surface area contributed by atoms with Crippen molar-refractivity contribution in [3.05, 3.63) is 35.9 Å². The second-order valence-electron chi connectivity index (χ2n) is 8.35. The number of carbonyl (C=O) groups excluding carboxylic acids is 3. The third-order valence-electron chi connectivity index (χ3n) is 6.12. The maximum atomic E-state index is 12.6. The number of likely N-dealkylation sites (tertiary alicyclic amines) is 2. The molecule has 3 amide bonds. The molecule has 2 aliphatic rings. The van der Waals surface area contributed by atoms with Gasteiger partial charge in [-0.1, -0.05) is 36.8 Å². The Bertz CT molecular complexity index is 699. The summed E-state index contributed by atoms with van der Waals surface area (Å²) in [4.78, 5) is 40.7. The van der Waals surface area contributed by atoms with Gasteiger partial charge < -0.3 is 15.1 Å². The van der Waals surface area contributed by atoms with E-state index in [4.69, 9.17) is 0 Å². The maximum Gasteiger partial charge on any atom is 0.242 e. The van der Waals surface area contributed by atoms with Gasteiger partial charge in [0, 0.05) is 32.5 Å². The Morgan fingerprint density at radius 3 is 2.52 bits per heavy atom. The van der Waals surface area contributed by atoms with Crippen LogP contribution < -0.4 is 5.32 Å². The summed E-state index contributed by atoms with van der Waals surface area (Å²) in [5.41, 5.74) is 1.10. The molecule has 6 nitrogen and oxygen atoms in total. The van der Waals surface area contributed by atoms with E-state index in [2.05, 4.69) is 5.32 Å². The van der Waals surface area contributed by atoms with Crippen LogP contribution in [0.3, 0.4) is 0 Å². The Morgan fingerprint density at radius 2 is 1.79 bits per heavy atom. The van der Waals surface area contributed by atoms with Gasteiger partial charge in [-0.25, -0.2) is 0 Å². The van der Waals surface area contributed by atoms with E-state index in [1.807, 2.05) is 42.2 Å². The number of nitrogens with one attached hydrogen (secondary N) is 1. The van der Waals surface area contributed by atoms with E-state index in [1.54, 1.807) is 4.90 Å². The van der Waals surface area contributed by atoms with Crippen molar-refractivity contribution < 1.29 is 14.4 Å². The molecule has 158 valence electrons. The lowest BCUT2D eigenvalue weighted by atomic mass is 9.93. The minimum absolute atomic E-state index is 0.00321. The zero-order valence-electron chi connectivity index (χ0n) is 17.4. The van der Waals surface area contributed by atoms with E-state index in [0.29, 0.717) is 38.4 Å². The SMILES string of the molecule is CC(NC(=O)CC1CCN(C(=O)CN2CCCCCC2=O)CC1)c1ccccc1. The van der Waals surface area contributed by atoms with Crippen molar-refractivity contribution in [3.8, 4) is 0 Å². The maximum absolute atomic E-state index is 12.6. The van der Waals surface area contributed by atoms with Gasteiger partial charge in [0.25, 0.3) is 0 Å². The summed E-state index contributed by atoms with van der Waals surface area (Å²) in [6.45, 7) is 4.25. The molecule has 6 heteroatoms. The van der Waals surface area contributed by atoms with Crippen molar-refractivity contribution in [1.29, 1.82) is 0 Å². The van der Waals surface area contributed by atoms with Crippen LogP contribution in [0.1, 0.15) is 63.5 Å². The van der Waals surface area contributed by atoms with Crippen molar-refractivity contribution in [2.45, 2.75) is 57.9 Å². The quantitative estimate of drug-likeness (QED) is 0.800. The lowest BCUT2D eigenvalue weighted by Crippen LogP contribution is -2.46. The van der Waals surface area contributed by atoms with E-state index >= 15 is 0 Å². The molecule has 29 heavy (non-hydrogen) atoms. The van der Waals surface area contributed by atoms with Crippen LogP contribution in [0.15, 0.2) is 30.3 Å². The van der Waals surface area contributed by atoms with Crippen molar-refractivity contribution in [1.82, 2.24) is 15.1 Å².